The number of hydrogen-bond acceptors (Lipinski definition) is 7. The van der Waals surface area contributed by atoms with Gasteiger partial charge < -0.3 is 20.5 Å². The van der Waals surface area contributed by atoms with Crippen LogP contribution in [0.4, 0.5) is 22.2 Å². The molecule has 0 saturated heterocycles. The smallest absolute Gasteiger partial charge is 0.280 e. The molecule has 6 aromatic rings. The molecule has 0 atom stereocenters. The molecule has 6 rings (SSSR count). The van der Waals surface area contributed by atoms with Gasteiger partial charge in [-0.15, -0.1) is 11.3 Å². The zero-order valence-electron chi connectivity index (χ0n) is 21.2. The molecule has 0 bridgehead atoms. The number of carbonyl (C=O) groups is 1. The Bertz CT molecular complexity index is 1890. The molecule has 0 aliphatic heterocycles. The second kappa shape index (κ2) is 10.0. The highest BCUT2D eigenvalue weighted by Crippen LogP contribution is 2.37. The van der Waals surface area contributed by atoms with Crippen LogP contribution in [0.15, 0.2) is 95.1 Å². The molecule has 9 heteroatoms. The maximum atomic E-state index is 12.6. The number of nitrogens with zero attached hydrogens (tertiary/aromatic N) is 3. The van der Waals surface area contributed by atoms with Crippen LogP contribution in [0, 0.1) is 0 Å². The van der Waals surface area contributed by atoms with E-state index >= 15 is 0 Å². The molecular formula is C30H24N6O2S. The SMILES string of the molecule is CNC(=O)c1nc2cc(N(C)c3ccccc3)c(Nc3nc(-c4cccc5ccccc45)cs3)cc2[nH]c1=O. The van der Waals surface area contributed by atoms with Gasteiger partial charge in [0.05, 0.1) is 28.1 Å². The van der Waals surface area contributed by atoms with Crippen molar-refractivity contribution in [3.63, 3.8) is 0 Å². The Morgan fingerprint density at radius 2 is 1.72 bits per heavy atom. The van der Waals surface area contributed by atoms with Gasteiger partial charge in [0.1, 0.15) is 0 Å². The minimum atomic E-state index is -0.551. The zero-order valence-corrected chi connectivity index (χ0v) is 22.0. The quantitative estimate of drug-likeness (QED) is 0.241. The average molecular weight is 533 g/mol. The standard InChI is InChI=1S/C30H24N6O2S/c1-31-28(37)27-29(38)33-22-15-24(26(16-23(22)32-27)36(2)19-11-4-3-5-12-19)34-30-35-25(17-39-30)21-14-8-10-18-9-6-7-13-20(18)21/h3-17H,1-2H3,(H,31,37)(H,33,38)(H,34,35). The molecule has 0 aliphatic carbocycles. The number of para-hydroxylation sites is 1. The Hall–Kier alpha value is -5.02. The molecule has 2 aromatic heterocycles. The van der Waals surface area contributed by atoms with Gasteiger partial charge in [-0.1, -0.05) is 60.7 Å². The predicted molar refractivity (Wildman–Crippen MR) is 159 cm³/mol. The molecule has 0 spiro atoms. The number of rotatable bonds is 6. The van der Waals surface area contributed by atoms with Crippen molar-refractivity contribution in [2.45, 2.75) is 0 Å². The van der Waals surface area contributed by atoms with Crippen LogP contribution in [0.3, 0.4) is 0 Å². The van der Waals surface area contributed by atoms with Crippen LogP contribution in [0.2, 0.25) is 0 Å². The van der Waals surface area contributed by atoms with E-state index in [-0.39, 0.29) is 5.69 Å². The lowest BCUT2D eigenvalue weighted by atomic mass is 10.0. The molecule has 0 radical (unpaired) electrons. The fourth-order valence-corrected chi connectivity index (χ4v) is 5.30. The van der Waals surface area contributed by atoms with E-state index in [0.717, 1.165) is 39.1 Å². The van der Waals surface area contributed by atoms with Gasteiger partial charge in [0.25, 0.3) is 11.5 Å². The minimum Gasteiger partial charge on any atom is -0.354 e. The van der Waals surface area contributed by atoms with Gasteiger partial charge in [-0.2, -0.15) is 0 Å². The normalized spacial score (nSPS) is 11.0. The first kappa shape index (κ1) is 24.3. The molecule has 192 valence electrons. The van der Waals surface area contributed by atoms with Crippen LogP contribution in [0.1, 0.15) is 10.5 Å². The molecule has 1 amide bonds. The predicted octanol–water partition coefficient (Wildman–Crippen LogP) is 6.07. The van der Waals surface area contributed by atoms with Crippen LogP contribution in [-0.2, 0) is 0 Å². The number of anilines is 4. The summed E-state index contributed by atoms with van der Waals surface area (Å²) in [5, 5.41) is 11.0. The van der Waals surface area contributed by atoms with Crippen molar-refractivity contribution in [1.82, 2.24) is 20.3 Å². The second-order valence-corrected chi connectivity index (χ2v) is 9.82. The highest BCUT2D eigenvalue weighted by Gasteiger charge is 2.18. The van der Waals surface area contributed by atoms with Gasteiger partial charge in [-0.25, -0.2) is 9.97 Å². The van der Waals surface area contributed by atoms with E-state index < -0.39 is 11.5 Å². The Labute approximate surface area is 228 Å². The number of carbonyl (C=O) groups excluding carboxylic acids is 1. The van der Waals surface area contributed by atoms with Crippen molar-refractivity contribution < 1.29 is 4.79 Å². The number of aromatic nitrogens is 3. The summed E-state index contributed by atoms with van der Waals surface area (Å²) in [6.45, 7) is 0. The Kier molecular flexibility index (Phi) is 6.26. The van der Waals surface area contributed by atoms with E-state index in [0.29, 0.717) is 16.2 Å². The van der Waals surface area contributed by atoms with Crippen LogP contribution in [0.5, 0.6) is 0 Å². The van der Waals surface area contributed by atoms with E-state index in [1.807, 2.05) is 78.0 Å². The highest BCUT2D eigenvalue weighted by atomic mass is 32.1. The fourth-order valence-electron chi connectivity index (χ4n) is 4.58. The lowest BCUT2D eigenvalue weighted by molar-refractivity contribution is 0.0957. The summed E-state index contributed by atoms with van der Waals surface area (Å²) in [6.07, 6.45) is 0. The van der Waals surface area contributed by atoms with Crippen LogP contribution < -0.4 is 21.1 Å². The summed E-state index contributed by atoms with van der Waals surface area (Å²) < 4.78 is 0. The van der Waals surface area contributed by atoms with Gasteiger partial charge in [0, 0.05) is 30.7 Å². The third kappa shape index (κ3) is 4.60. The average Bonchev–Trinajstić information content (AvgIpc) is 3.44. The van der Waals surface area contributed by atoms with Crippen molar-refractivity contribution in [1.29, 1.82) is 0 Å². The molecule has 8 nitrogen and oxygen atoms in total. The fraction of sp³-hybridized carbons (Fsp3) is 0.0667. The summed E-state index contributed by atoms with van der Waals surface area (Å²) in [7, 11) is 3.42. The first-order valence-corrected chi connectivity index (χ1v) is 13.2. The first-order chi connectivity index (χ1) is 19.0. The summed E-state index contributed by atoms with van der Waals surface area (Å²) in [5.74, 6) is -0.540. The number of thiazole rings is 1. The zero-order chi connectivity index (χ0) is 26.9. The topological polar surface area (TPSA) is 103 Å². The van der Waals surface area contributed by atoms with Crippen LogP contribution in [0.25, 0.3) is 33.1 Å². The minimum absolute atomic E-state index is 0.182. The molecule has 0 fully saturated rings. The number of hydrogen-bond donors (Lipinski definition) is 3. The monoisotopic (exact) mass is 532 g/mol. The number of H-pyrrole nitrogens is 1. The van der Waals surface area contributed by atoms with Gasteiger partial charge in [0.2, 0.25) is 0 Å². The molecular weight excluding hydrogens is 508 g/mol. The van der Waals surface area contributed by atoms with Crippen molar-refractivity contribution in [2.75, 3.05) is 24.3 Å². The molecule has 2 heterocycles. The van der Waals surface area contributed by atoms with Gasteiger partial charge in [-0.05, 0) is 35.0 Å². The molecule has 0 unspecified atom stereocenters. The van der Waals surface area contributed by atoms with E-state index in [1.54, 1.807) is 0 Å². The third-order valence-corrected chi connectivity index (χ3v) is 7.33. The maximum Gasteiger partial charge on any atom is 0.280 e. The summed E-state index contributed by atoms with van der Waals surface area (Å²) in [6, 6.07) is 28.0. The second-order valence-electron chi connectivity index (χ2n) is 8.96. The number of nitrogens with one attached hydrogen (secondary N) is 3. The van der Waals surface area contributed by atoms with Crippen molar-refractivity contribution in [3.05, 3.63) is 106 Å². The molecule has 39 heavy (non-hydrogen) atoms. The Morgan fingerprint density at radius 3 is 2.54 bits per heavy atom. The van der Waals surface area contributed by atoms with Gasteiger partial charge >= 0.3 is 0 Å². The number of aromatic amines is 1. The van der Waals surface area contributed by atoms with Crippen LogP contribution in [-0.4, -0.2) is 35.0 Å². The number of fused-ring (bicyclic) bond motifs is 2. The Morgan fingerprint density at radius 1 is 0.949 bits per heavy atom. The van der Waals surface area contributed by atoms with Gasteiger partial charge in [0.15, 0.2) is 10.8 Å². The highest BCUT2D eigenvalue weighted by molar-refractivity contribution is 7.14. The molecule has 3 N–H and O–H groups in total. The lowest BCUT2D eigenvalue weighted by Gasteiger charge is -2.23. The van der Waals surface area contributed by atoms with Crippen LogP contribution >= 0.6 is 11.3 Å². The summed E-state index contributed by atoms with van der Waals surface area (Å²) in [5.41, 5.74) is 4.71. The maximum absolute atomic E-state index is 12.6. The molecule has 4 aromatic carbocycles. The lowest BCUT2D eigenvalue weighted by Crippen LogP contribution is -2.28. The first-order valence-electron chi connectivity index (χ1n) is 12.3. The van der Waals surface area contributed by atoms with Crippen molar-refractivity contribution in [2.24, 2.45) is 0 Å². The van der Waals surface area contributed by atoms with Crippen molar-refractivity contribution in [3.8, 4) is 11.3 Å². The Balaban J connectivity index is 1.45. The third-order valence-electron chi connectivity index (χ3n) is 6.57. The summed E-state index contributed by atoms with van der Waals surface area (Å²) >= 11 is 1.50. The largest absolute Gasteiger partial charge is 0.354 e. The van der Waals surface area contributed by atoms with E-state index in [9.17, 15) is 9.59 Å². The molecule has 0 saturated carbocycles. The van der Waals surface area contributed by atoms with Gasteiger partial charge in [-0.3, -0.25) is 9.59 Å². The van der Waals surface area contributed by atoms with Crippen molar-refractivity contribution >= 4 is 61.2 Å². The molecule has 0 aliphatic rings. The number of amides is 1. The van der Waals surface area contributed by atoms with E-state index in [2.05, 4.69) is 44.9 Å². The van der Waals surface area contributed by atoms with E-state index in [4.69, 9.17) is 4.98 Å². The van der Waals surface area contributed by atoms with E-state index in [1.165, 1.54) is 18.4 Å². The summed E-state index contributed by atoms with van der Waals surface area (Å²) in [4.78, 5) is 38.9. The number of benzene rings is 4.